The number of carbonyl (C=O) groups is 7. The fraction of sp³-hybridized carbons (Fsp3) is 0.646. The number of rotatable bonds is 11. The van der Waals surface area contributed by atoms with Crippen molar-refractivity contribution in [3.63, 3.8) is 0 Å². The summed E-state index contributed by atoms with van der Waals surface area (Å²) >= 11 is 7.96. The molecule has 21 heteroatoms. The van der Waals surface area contributed by atoms with E-state index in [0.717, 1.165) is 11.1 Å². The van der Waals surface area contributed by atoms with Gasteiger partial charge in [-0.15, -0.1) is 11.8 Å². The number of amides is 6. The van der Waals surface area contributed by atoms with E-state index in [-0.39, 0.29) is 72.6 Å². The van der Waals surface area contributed by atoms with Gasteiger partial charge in [-0.25, -0.2) is 9.59 Å². The van der Waals surface area contributed by atoms with Gasteiger partial charge in [0.25, 0.3) is 0 Å². The summed E-state index contributed by atoms with van der Waals surface area (Å²) in [5.74, 6) is -3.04. The maximum absolute atomic E-state index is 14.4. The number of allylic oxidation sites excluding steroid dienone is 3. The van der Waals surface area contributed by atoms with Crippen molar-refractivity contribution in [1.29, 1.82) is 0 Å². The number of imide groups is 1. The van der Waals surface area contributed by atoms with Gasteiger partial charge in [0, 0.05) is 64.6 Å². The third-order valence-corrected chi connectivity index (χ3v) is 15.9. The van der Waals surface area contributed by atoms with Crippen LogP contribution in [0, 0.1) is 17.8 Å². The molecule has 378 valence electrons. The standard InChI is InChI=1S/C48H65ClN6O13S/c1-25-10-9-11-35(65-8)47(63)23-33(67-45(62)52-47)26(2)48-40(44(61)66-32(41(48)68-48)21-37(57)53(5)30-19-28(18-25)20-31(64-7)39(30)49)54(6)36(56)16-17-69-34-22-38(58)55(43(34)60)24-27-12-14-29(15-13-27)42(59)51-46(3,4)50/h9-11,19-20,26-27,29,32-35,40-41,63H,12-18,21-24,50H2,1-8H3,(H,51,59)(H,52,62)/b11-9+,25-10+/t26-,27?,29?,32+,33?,34?,35?,40-,41?,47?,48?/m1/s1. The summed E-state index contributed by atoms with van der Waals surface area (Å²) in [6.45, 7) is 7.30. The number of hydrogen-bond acceptors (Lipinski definition) is 15. The number of hydrogen-bond donors (Lipinski definition) is 4. The van der Waals surface area contributed by atoms with E-state index in [1.54, 1.807) is 52.1 Å². The molecule has 7 rings (SSSR count). The number of nitrogens with two attached hydrogens (primary N) is 1. The molecule has 5 aliphatic heterocycles. The number of methoxy groups -OCH3 is 2. The fourth-order valence-corrected chi connectivity index (χ4v) is 12.0. The Bertz CT molecular complexity index is 2280. The molecule has 6 aliphatic rings. The number of halogens is 1. The number of likely N-dealkylation sites (N-methyl/N-ethyl adjacent to an activating group) is 1. The Morgan fingerprint density at radius 1 is 1.07 bits per heavy atom. The van der Waals surface area contributed by atoms with Crippen LogP contribution in [0.4, 0.5) is 10.5 Å². The van der Waals surface area contributed by atoms with Crippen molar-refractivity contribution in [2.75, 3.05) is 45.5 Å². The maximum atomic E-state index is 14.4. The molecule has 5 fully saturated rings. The maximum Gasteiger partial charge on any atom is 0.409 e. The quantitative estimate of drug-likeness (QED) is 0.107. The molecule has 5 N–H and O–H groups in total. The van der Waals surface area contributed by atoms with Crippen LogP contribution in [0.5, 0.6) is 5.75 Å². The molecule has 0 radical (unpaired) electrons. The Morgan fingerprint density at radius 3 is 2.45 bits per heavy atom. The lowest BCUT2D eigenvalue weighted by molar-refractivity contribution is -0.171. The summed E-state index contributed by atoms with van der Waals surface area (Å²) in [6.07, 6.45) is 2.29. The number of alkyl carbamates (subject to hydrolysis) is 1. The van der Waals surface area contributed by atoms with E-state index >= 15 is 0 Å². The number of nitrogens with one attached hydrogen (secondary N) is 2. The molecule has 4 saturated heterocycles. The van der Waals surface area contributed by atoms with Gasteiger partial charge in [-0.2, -0.15) is 0 Å². The molecule has 1 aromatic carbocycles. The minimum atomic E-state index is -1.99. The van der Waals surface area contributed by atoms with Crippen LogP contribution < -0.4 is 26.0 Å². The topological polar surface area (TPSA) is 249 Å². The first-order valence-corrected chi connectivity index (χ1v) is 24.8. The summed E-state index contributed by atoms with van der Waals surface area (Å²) in [7, 11) is 5.84. The summed E-state index contributed by atoms with van der Waals surface area (Å²) in [4.78, 5) is 99.1. The smallest absolute Gasteiger partial charge is 0.409 e. The zero-order valence-corrected chi connectivity index (χ0v) is 42.0. The third kappa shape index (κ3) is 11.0. The number of nitrogens with zero attached hydrogens (tertiary/aromatic N) is 3. The van der Waals surface area contributed by atoms with Gasteiger partial charge >= 0.3 is 12.1 Å². The summed E-state index contributed by atoms with van der Waals surface area (Å²) < 4.78 is 29.6. The Balaban J connectivity index is 1.08. The van der Waals surface area contributed by atoms with Crippen molar-refractivity contribution in [2.24, 2.45) is 23.5 Å². The van der Waals surface area contributed by atoms with Crippen molar-refractivity contribution < 1.29 is 62.4 Å². The van der Waals surface area contributed by atoms with E-state index in [1.807, 2.05) is 13.0 Å². The molecular weight excluding hydrogens is 936 g/mol. The highest BCUT2D eigenvalue weighted by Gasteiger charge is 2.76. The number of thioether (sulfide) groups is 1. The fourth-order valence-electron chi connectivity index (χ4n) is 10.5. The lowest BCUT2D eigenvalue weighted by Crippen LogP contribution is -2.67. The van der Waals surface area contributed by atoms with Crippen LogP contribution in [0.3, 0.4) is 0 Å². The molecule has 9 atom stereocenters. The van der Waals surface area contributed by atoms with Gasteiger partial charge in [-0.1, -0.05) is 42.3 Å². The predicted molar refractivity (Wildman–Crippen MR) is 254 cm³/mol. The Labute approximate surface area is 411 Å². The molecule has 6 bridgehead atoms. The zero-order chi connectivity index (χ0) is 50.3. The monoisotopic (exact) mass is 1000 g/mol. The lowest BCUT2D eigenvalue weighted by atomic mass is 9.74. The van der Waals surface area contributed by atoms with E-state index in [0.29, 0.717) is 43.5 Å². The highest BCUT2D eigenvalue weighted by atomic mass is 35.5. The SMILES string of the molecule is COc1cc2cc(c1Cl)N(C)C(=O)C[C@@H]1OC(=O)[C@@H](N(C)C(=O)CCSC3CC(=O)N(CC4CCC(C(=O)NC(C)(C)N)CC4)C3=O)C3(OC13)[C@H](C)C1CC(O)(NC(=O)O1)C(OC)/C=C/C=C(\C)C2. The third-order valence-electron chi connectivity index (χ3n) is 14.3. The highest BCUT2D eigenvalue weighted by molar-refractivity contribution is 8.00. The number of benzene rings is 1. The van der Waals surface area contributed by atoms with Crippen LogP contribution in [0.25, 0.3) is 0 Å². The molecule has 1 aliphatic carbocycles. The second kappa shape index (κ2) is 20.5. The van der Waals surface area contributed by atoms with Crippen LogP contribution >= 0.6 is 23.4 Å². The average molecular weight is 1000 g/mol. The Kier molecular flexibility index (Phi) is 15.5. The number of epoxide rings is 1. The number of fused-ring (bicyclic) bond motifs is 4. The second-order valence-corrected chi connectivity index (χ2v) is 21.6. The molecule has 0 spiro atoms. The van der Waals surface area contributed by atoms with Gasteiger partial charge in [0.15, 0.2) is 11.8 Å². The van der Waals surface area contributed by atoms with Crippen LogP contribution in [0.2, 0.25) is 5.02 Å². The molecule has 1 saturated carbocycles. The van der Waals surface area contributed by atoms with E-state index in [9.17, 15) is 38.7 Å². The van der Waals surface area contributed by atoms with Crippen molar-refractivity contribution in [2.45, 2.75) is 138 Å². The van der Waals surface area contributed by atoms with Gasteiger partial charge in [-0.3, -0.25) is 34.2 Å². The molecule has 5 heterocycles. The minimum Gasteiger partial charge on any atom is -0.495 e. The van der Waals surface area contributed by atoms with E-state index in [4.69, 9.17) is 41.0 Å². The number of likely N-dealkylation sites (tertiary alicyclic amines) is 1. The molecule has 0 aromatic heterocycles. The van der Waals surface area contributed by atoms with Crippen LogP contribution in [0.1, 0.15) is 84.6 Å². The lowest BCUT2D eigenvalue weighted by Gasteiger charge is -2.45. The van der Waals surface area contributed by atoms with Crippen molar-refractivity contribution >= 4 is 70.6 Å². The number of carbonyl (C=O) groups excluding carboxylic acids is 7. The number of esters is 1. The van der Waals surface area contributed by atoms with Gasteiger partial charge in [0.05, 0.1) is 30.1 Å². The van der Waals surface area contributed by atoms with Gasteiger partial charge in [0.1, 0.15) is 40.8 Å². The summed E-state index contributed by atoms with van der Waals surface area (Å²) in [5, 5.41) is 16.9. The highest BCUT2D eigenvalue weighted by Crippen LogP contribution is 2.56. The van der Waals surface area contributed by atoms with Crippen molar-refractivity contribution in [1.82, 2.24) is 20.4 Å². The molecular formula is C48H65ClN6O13S. The summed E-state index contributed by atoms with van der Waals surface area (Å²) in [5.41, 5.74) is 3.63. The normalized spacial score (nSPS) is 34.1. The Hall–Kier alpha value is -4.73. The molecule has 19 nitrogen and oxygen atoms in total. The number of aliphatic hydroxyl groups is 1. The van der Waals surface area contributed by atoms with E-state index in [1.165, 1.54) is 47.7 Å². The van der Waals surface area contributed by atoms with Crippen LogP contribution in [0.15, 0.2) is 35.9 Å². The van der Waals surface area contributed by atoms with Crippen molar-refractivity contribution in [3.05, 3.63) is 46.5 Å². The van der Waals surface area contributed by atoms with E-state index < -0.39 is 82.5 Å². The molecule has 6 unspecified atom stereocenters. The number of ether oxygens (including phenoxy) is 5. The molecule has 69 heavy (non-hydrogen) atoms. The minimum absolute atomic E-state index is 0.0141. The summed E-state index contributed by atoms with van der Waals surface area (Å²) in [6, 6.07) is 2.16. The predicted octanol–water partition coefficient (Wildman–Crippen LogP) is 3.36. The first-order valence-electron chi connectivity index (χ1n) is 23.4. The average Bonchev–Trinajstić information content (AvgIpc) is 3.98. The molecule has 1 aromatic rings. The van der Waals surface area contributed by atoms with Gasteiger partial charge in [-0.05, 0) is 76.5 Å². The second-order valence-electron chi connectivity index (χ2n) is 19.9. The first-order chi connectivity index (χ1) is 32.5. The van der Waals surface area contributed by atoms with Gasteiger partial charge in [0.2, 0.25) is 29.5 Å². The number of anilines is 1. The van der Waals surface area contributed by atoms with Crippen LogP contribution in [-0.2, 0) is 54.1 Å². The van der Waals surface area contributed by atoms with Gasteiger partial charge < -0.3 is 49.6 Å². The van der Waals surface area contributed by atoms with Crippen molar-refractivity contribution in [3.8, 4) is 5.75 Å². The van der Waals surface area contributed by atoms with E-state index in [2.05, 4.69) is 10.6 Å². The zero-order valence-electron chi connectivity index (χ0n) is 40.4. The molecule has 6 amide bonds. The Morgan fingerprint density at radius 2 is 1.78 bits per heavy atom. The van der Waals surface area contributed by atoms with Crippen LogP contribution in [-0.4, -0.2) is 150 Å². The largest absolute Gasteiger partial charge is 0.495 e. The first kappa shape index (κ1) is 52.1.